The van der Waals surface area contributed by atoms with E-state index in [2.05, 4.69) is 55.5 Å². The highest BCUT2D eigenvalue weighted by Gasteiger charge is 2.31. The number of hydrogen-bond donors (Lipinski definition) is 0. The Morgan fingerprint density at radius 2 is 1.57 bits per heavy atom. The van der Waals surface area contributed by atoms with Gasteiger partial charge in [-0.25, -0.2) is 0 Å². The molecule has 114 valence electrons. The third-order valence-corrected chi connectivity index (χ3v) is 4.98. The van der Waals surface area contributed by atoms with Crippen LogP contribution in [0.2, 0.25) is 0 Å². The molecule has 0 saturated carbocycles. The van der Waals surface area contributed by atoms with E-state index >= 15 is 0 Å². The molecule has 0 bridgehead atoms. The molecule has 3 aromatic rings. The smallest absolute Gasteiger partial charge is 0.166 e. The first-order valence-corrected chi connectivity index (χ1v) is 8.44. The monoisotopic (exact) mass is 300 g/mol. The predicted molar refractivity (Wildman–Crippen MR) is 95.8 cm³/mol. The maximum Gasteiger partial charge on any atom is 0.166 e. The van der Waals surface area contributed by atoms with Crippen LogP contribution >= 0.6 is 0 Å². The zero-order chi connectivity index (χ0) is 15.8. The Morgan fingerprint density at radius 1 is 0.870 bits per heavy atom. The third-order valence-electron chi connectivity index (χ3n) is 4.98. The SMILES string of the molecule is CCCC1Cc2c(cccc2-c2cccc3ccccc23)C1=O. The van der Waals surface area contributed by atoms with E-state index < -0.39 is 0 Å². The summed E-state index contributed by atoms with van der Waals surface area (Å²) in [6, 6.07) is 21.1. The Hall–Kier alpha value is -2.41. The Bertz CT molecular complexity index is 886. The molecule has 1 aliphatic carbocycles. The van der Waals surface area contributed by atoms with E-state index in [1.807, 2.05) is 12.1 Å². The number of fused-ring (bicyclic) bond motifs is 2. The topological polar surface area (TPSA) is 17.1 Å². The van der Waals surface area contributed by atoms with Gasteiger partial charge in [-0.1, -0.05) is 74.0 Å². The second-order valence-electron chi connectivity index (χ2n) is 6.41. The largest absolute Gasteiger partial charge is 0.294 e. The first kappa shape index (κ1) is 14.2. The molecule has 0 radical (unpaired) electrons. The van der Waals surface area contributed by atoms with Gasteiger partial charge in [0.1, 0.15) is 0 Å². The van der Waals surface area contributed by atoms with Gasteiger partial charge in [0.25, 0.3) is 0 Å². The van der Waals surface area contributed by atoms with Crippen LogP contribution in [0.1, 0.15) is 35.7 Å². The fraction of sp³-hybridized carbons (Fsp3) is 0.227. The molecule has 1 aliphatic rings. The lowest BCUT2D eigenvalue weighted by atomic mass is 9.92. The summed E-state index contributed by atoms with van der Waals surface area (Å²) in [5.41, 5.74) is 4.65. The number of carbonyl (C=O) groups excluding carboxylic acids is 1. The van der Waals surface area contributed by atoms with Crippen LogP contribution in [0.3, 0.4) is 0 Å². The molecule has 0 aliphatic heterocycles. The first-order chi connectivity index (χ1) is 11.3. The molecule has 23 heavy (non-hydrogen) atoms. The van der Waals surface area contributed by atoms with Gasteiger partial charge in [-0.3, -0.25) is 4.79 Å². The average molecular weight is 300 g/mol. The van der Waals surface area contributed by atoms with Crippen molar-refractivity contribution in [2.45, 2.75) is 26.2 Å². The maximum atomic E-state index is 12.6. The summed E-state index contributed by atoms with van der Waals surface area (Å²) >= 11 is 0. The fourth-order valence-corrected chi connectivity index (χ4v) is 3.89. The van der Waals surface area contributed by atoms with Crippen molar-refractivity contribution < 1.29 is 4.79 Å². The molecule has 0 saturated heterocycles. The van der Waals surface area contributed by atoms with Crippen LogP contribution in [0.5, 0.6) is 0 Å². The van der Waals surface area contributed by atoms with Crippen molar-refractivity contribution in [1.29, 1.82) is 0 Å². The molecule has 1 atom stereocenters. The number of hydrogen-bond acceptors (Lipinski definition) is 1. The second-order valence-corrected chi connectivity index (χ2v) is 6.41. The molecule has 0 spiro atoms. The van der Waals surface area contributed by atoms with E-state index in [-0.39, 0.29) is 5.92 Å². The summed E-state index contributed by atoms with van der Waals surface area (Å²) in [7, 11) is 0. The maximum absolute atomic E-state index is 12.6. The van der Waals surface area contributed by atoms with E-state index in [1.165, 1.54) is 27.5 Å². The van der Waals surface area contributed by atoms with E-state index in [0.29, 0.717) is 5.78 Å². The number of benzene rings is 3. The van der Waals surface area contributed by atoms with Crippen molar-refractivity contribution >= 4 is 16.6 Å². The van der Waals surface area contributed by atoms with Gasteiger partial charge in [-0.2, -0.15) is 0 Å². The molecule has 0 N–H and O–H groups in total. The summed E-state index contributed by atoms with van der Waals surface area (Å²) in [5.74, 6) is 0.509. The van der Waals surface area contributed by atoms with Crippen molar-refractivity contribution in [2.75, 3.05) is 0 Å². The minimum absolute atomic E-state index is 0.172. The summed E-state index contributed by atoms with van der Waals surface area (Å²) in [6.45, 7) is 2.15. The fourth-order valence-electron chi connectivity index (χ4n) is 3.89. The summed E-state index contributed by atoms with van der Waals surface area (Å²) < 4.78 is 0. The summed E-state index contributed by atoms with van der Waals surface area (Å²) in [6.07, 6.45) is 2.94. The van der Waals surface area contributed by atoms with Crippen molar-refractivity contribution in [3.63, 3.8) is 0 Å². The van der Waals surface area contributed by atoms with E-state index in [1.54, 1.807) is 0 Å². The third kappa shape index (κ3) is 2.28. The Morgan fingerprint density at radius 3 is 2.43 bits per heavy atom. The zero-order valence-corrected chi connectivity index (χ0v) is 13.4. The zero-order valence-electron chi connectivity index (χ0n) is 13.4. The molecule has 0 fully saturated rings. The minimum Gasteiger partial charge on any atom is -0.294 e. The van der Waals surface area contributed by atoms with Crippen LogP contribution in [-0.2, 0) is 6.42 Å². The molecule has 1 nitrogen and oxygen atoms in total. The molecule has 1 unspecified atom stereocenters. The molecule has 1 heteroatoms. The standard InChI is InChI=1S/C22H20O/c1-2-7-16-14-21-19(12-6-13-20(21)22(16)23)18-11-5-9-15-8-3-4-10-17(15)18/h3-6,8-13,16H,2,7,14H2,1H3. The number of rotatable bonds is 3. The van der Waals surface area contributed by atoms with Gasteiger partial charge < -0.3 is 0 Å². The normalized spacial score (nSPS) is 16.7. The van der Waals surface area contributed by atoms with E-state index in [9.17, 15) is 4.79 Å². The van der Waals surface area contributed by atoms with Crippen LogP contribution in [0.25, 0.3) is 21.9 Å². The van der Waals surface area contributed by atoms with Gasteiger partial charge in [0.05, 0.1) is 0 Å². The van der Waals surface area contributed by atoms with E-state index in [0.717, 1.165) is 24.8 Å². The van der Waals surface area contributed by atoms with Crippen LogP contribution in [-0.4, -0.2) is 5.78 Å². The highest BCUT2D eigenvalue weighted by Crippen LogP contribution is 2.38. The van der Waals surface area contributed by atoms with Gasteiger partial charge >= 0.3 is 0 Å². The van der Waals surface area contributed by atoms with Gasteiger partial charge in [0, 0.05) is 11.5 Å². The van der Waals surface area contributed by atoms with Crippen molar-refractivity contribution in [1.82, 2.24) is 0 Å². The van der Waals surface area contributed by atoms with Crippen LogP contribution in [0.4, 0.5) is 0 Å². The van der Waals surface area contributed by atoms with Crippen molar-refractivity contribution in [3.8, 4) is 11.1 Å². The van der Waals surface area contributed by atoms with E-state index in [4.69, 9.17) is 0 Å². The highest BCUT2D eigenvalue weighted by atomic mass is 16.1. The summed E-state index contributed by atoms with van der Waals surface area (Å²) in [5, 5.41) is 2.51. The molecular weight excluding hydrogens is 280 g/mol. The first-order valence-electron chi connectivity index (χ1n) is 8.44. The van der Waals surface area contributed by atoms with Crippen LogP contribution in [0, 0.1) is 5.92 Å². The second kappa shape index (κ2) is 5.66. The molecule has 0 amide bonds. The molecular formula is C22H20O. The Kier molecular flexibility index (Phi) is 3.49. The van der Waals surface area contributed by atoms with Crippen LogP contribution < -0.4 is 0 Å². The predicted octanol–water partition coefficient (Wildman–Crippen LogP) is 5.66. The average Bonchev–Trinajstić information content (AvgIpc) is 2.91. The lowest BCUT2D eigenvalue weighted by Crippen LogP contribution is -2.07. The van der Waals surface area contributed by atoms with Gasteiger partial charge in [0.15, 0.2) is 5.78 Å². The Labute approximate surface area is 137 Å². The molecule has 0 aromatic heterocycles. The highest BCUT2D eigenvalue weighted by molar-refractivity contribution is 6.06. The van der Waals surface area contributed by atoms with Crippen molar-refractivity contribution in [3.05, 3.63) is 71.8 Å². The van der Waals surface area contributed by atoms with Gasteiger partial charge in [0.2, 0.25) is 0 Å². The molecule has 4 rings (SSSR count). The molecule has 0 heterocycles. The van der Waals surface area contributed by atoms with Crippen LogP contribution in [0.15, 0.2) is 60.7 Å². The lowest BCUT2D eigenvalue weighted by molar-refractivity contribution is 0.0930. The molecule has 3 aromatic carbocycles. The van der Waals surface area contributed by atoms with Crippen molar-refractivity contribution in [2.24, 2.45) is 5.92 Å². The minimum atomic E-state index is 0.172. The Balaban J connectivity index is 1.91. The number of Topliss-reactive ketones (excluding diaryl/α,β-unsaturated/α-hetero) is 1. The number of carbonyl (C=O) groups is 1. The number of ketones is 1. The summed E-state index contributed by atoms with van der Waals surface area (Å²) in [4.78, 5) is 12.6. The van der Waals surface area contributed by atoms with Gasteiger partial charge in [-0.05, 0) is 40.3 Å². The quantitative estimate of drug-likeness (QED) is 0.609. The lowest BCUT2D eigenvalue weighted by Gasteiger charge is -2.11. The van der Waals surface area contributed by atoms with Gasteiger partial charge in [-0.15, -0.1) is 0 Å².